The Bertz CT molecular complexity index is 794. The summed E-state index contributed by atoms with van der Waals surface area (Å²) in [7, 11) is 0. The van der Waals surface area contributed by atoms with Gasteiger partial charge in [0.05, 0.1) is 0 Å². The topological polar surface area (TPSA) is 0 Å². The Balaban J connectivity index is 1.31. The van der Waals surface area contributed by atoms with Gasteiger partial charge in [-0.1, -0.05) is 69.5 Å². The van der Waals surface area contributed by atoms with Crippen LogP contribution in [0.2, 0.25) is 0 Å². The highest BCUT2D eigenvalue weighted by atomic mass is 79.9. The minimum atomic E-state index is 0.643. The summed E-state index contributed by atoms with van der Waals surface area (Å²) in [6, 6.07) is 6.78. The number of fused-ring (bicyclic) bond motifs is 3. The number of benzene rings is 1. The third kappa shape index (κ3) is 3.63. The van der Waals surface area contributed by atoms with E-state index in [4.69, 9.17) is 0 Å². The summed E-state index contributed by atoms with van der Waals surface area (Å²) in [6.07, 6.45) is 12.5. The monoisotopic (exact) mass is 518 g/mol. The van der Waals surface area contributed by atoms with Crippen molar-refractivity contribution in [3.05, 3.63) is 39.4 Å². The quantitative estimate of drug-likeness (QED) is 0.350. The zero-order chi connectivity index (χ0) is 20.3. The summed E-state index contributed by atoms with van der Waals surface area (Å²) < 4.78 is 1.26. The molecule has 0 nitrogen and oxygen atoms in total. The molecule has 0 radical (unpaired) electrons. The molecule has 1 aromatic carbocycles. The SMILES string of the molecule is CC1=Cc2c(Br)cccc2C1CCC1C(C)CC2C(C)C3CCC(Br)CC3CC12. The van der Waals surface area contributed by atoms with Crippen LogP contribution in [0.4, 0.5) is 0 Å². The number of hydrogen-bond donors (Lipinski definition) is 0. The van der Waals surface area contributed by atoms with Crippen LogP contribution in [0.25, 0.3) is 6.08 Å². The van der Waals surface area contributed by atoms with E-state index in [1.165, 1.54) is 55.0 Å². The molecule has 9 atom stereocenters. The molecule has 2 heteroatoms. The molecule has 0 spiro atoms. The van der Waals surface area contributed by atoms with Gasteiger partial charge in [0.1, 0.15) is 0 Å². The van der Waals surface area contributed by atoms with Crippen molar-refractivity contribution in [3.8, 4) is 0 Å². The molecule has 5 rings (SSSR count). The van der Waals surface area contributed by atoms with Crippen molar-refractivity contribution in [2.24, 2.45) is 41.4 Å². The van der Waals surface area contributed by atoms with E-state index in [2.05, 4.69) is 76.9 Å². The molecule has 3 fully saturated rings. The van der Waals surface area contributed by atoms with Crippen molar-refractivity contribution in [3.63, 3.8) is 0 Å². The maximum Gasteiger partial charge on any atom is 0.0250 e. The van der Waals surface area contributed by atoms with E-state index in [-0.39, 0.29) is 0 Å². The second-order valence-electron chi connectivity index (χ2n) is 10.9. The summed E-state index contributed by atoms with van der Waals surface area (Å²) in [5.41, 5.74) is 4.57. The van der Waals surface area contributed by atoms with Gasteiger partial charge in [0.25, 0.3) is 0 Å². The first-order valence-electron chi connectivity index (χ1n) is 12.0. The minimum absolute atomic E-state index is 0.643. The van der Waals surface area contributed by atoms with Crippen LogP contribution in [-0.4, -0.2) is 4.83 Å². The number of allylic oxidation sites excluding steroid dienone is 1. The third-order valence-corrected chi connectivity index (χ3v) is 11.1. The van der Waals surface area contributed by atoms with Crippen molar-refractivity contribution in [1.82, 2.24) is 0 Å². The van der Waals surface area contributed by atoms with Crippen molar-refractivity contribution in [1.29, 1.82) is 0 Å². The Kier molecular flexibility index (Phi) is 5.82. The Hall–Kier alpha value is -0.0800. The van der Waals surface area contributed by atoms with E-state index in [9.17, 15) is 0 Å². The first-order valence-corrected chi connectivity index (χ1v) is 13.8. The lowest BCUT2D eigenvalue weighted by atomic mass is 9.58. The first kappa shape index (κ1) is 20.8. The Morgan fingerprint density at radius 2 is 1.79 bits per heavy atom. The summed E-state index contributed by atoms with van der Waals surface area (Å²) >= 11 is 7.73. The molecule has 4 aliphatic carbocycles. The molecule has 9 unspecified atom stereocenters. The van der Waals surface area contributed by atoms with Gasteiger partial charge in [-0.2, -0.15) is 0 Å². The van der Waals surface area contributed by atoms with Crippen LogP contribution in [-0.2, 0) is 0 Å². The average Bonchev–Trinajstić information content (AvgIpc) is 3.17. The van der Waals surface area contributed by atoms with Crippen molar-refractivity contribution < 1.29 is 0 Å². The van der Waals surface area contributed by atoms with Gasteiger partial charge < -0.3 is 0 Å². The standard InChI is InChI=1S/C27H36Br2/c1-15-11-24-17(3)22-8-7-19(28)13-18(22)14-25(24)21(15)10-9-20-16(2)12-26-23(20)5-4-6-27(26)29/h4-6,12,15,17-22,24-25H,7-11,13-14H2,1-3H3. The lowest BCUT2D eigenvalue weighted by Gasteiger charge is -2.48. The molecular formula is C27H36Br2. The lowest BCUT2D eigenvalue weighted by molar-refractivity contribution is 0.0222. The smallest absolute Gasteiger partial charge is 0.0250 e. The zero-order valence-electron chi connectivity index (χ0n) is 18.2. The van der Waals surface area contributed by atoms with E-state index in [1.807, 2.05) is 0 Å². The molecule has 3 saturated carbocycles. The number of alkyl halides is 1. The maximum atomic E-state index is 3.96. The number of rotatable bonds is 3. The summed E-state index contributed by atoms with van der Waals surface area (Å²) in [4.78, 5) is 0.783. The van der Waals surface area contributed by atoms with E-state index < -0.39 is 0 Å². The molecule has 29 heavy (non-hydrogen) atoms. The first-order chi connectivity index (χ1) is 13.9. The molecule has 0 amide bonds. The van der Waals surface area contributed by atoms with Gasteiger partial charge in [-0.15, -0.1) is 0 Å². The van der Waals surface area contributed by atoms with Crippen LogP contribution in [0.5, 0.6) is 0 Å². The molecule has 0 bridgehead atoms. The normalized spacial score (nSPS) is 43.5. The van der Waals surface area contributed by atoms with Crippen molar-refractivity contribution in [2.45, 2.75) is 76.5 Å². The lowest BCUT2D eigenvalue weighted by Crippen LogP contribution is -2.41. The zero-order valence-corrected chi connectivity index (χ0v) is 21.4. The number of hydrogen-bond acceptors (Lipinski definition) is 0. The fourth-order valence-corrected chi connectivity index (χ4v) is 9.40. The fourth-order valence-electron chi connectivity index (χ4n) is 8.16. The highest BCUT2D eigenvalue weighted by Gasteiger charge is 2.51. The van der Waals surface area contributed by atoms with Gasteiger partial charge in [0, 0.05) is 15.2 Å². The van der Waals surface area contributed by atoms with E-state index in [1.54, 1.807) is 11.1 Å². The second-order valence-corrected chi connectivity index (χ2v) is 13.0. The number of halogens is 2. The van der Waals surface area contributed by atoms with Crippen molar-refractivity contribution in [2.75, 3.05) is 0 Å². The van der Waals surface area contributed by atoms with Gasteiger partial charge in [-0.3, -0.25) is 0 Å². The van der Waals surface area contributed by atoms with Crippen LogP contribution < -0.4 is 0 Å². The molecule has 0 heterocycles. The van der Waals surface area contributed by atoms with Crippen LogP contribution in [0.3, 0.4) is 0 Å². The third-order valence-electron chi connectivity index (χ3n) is 9.55. The predicted molar refractivity (Wildman–Crippen MR) is 131 cm³/mol. The van der Waals surface area contributed by atoms with E-state index >= 15 is 0 Å². The van der Waals surface area contributed by atoms with Crippen LogP contribution in [0, 0.1) is 41.4 Å². The second kappa shape index (κ2) is 8.12. The summed E-state index contributed by atoms with van der Waals surface area (Å²) in [6.45, 7) is 7.55. The van der Waals surface area contributed by atoms with Gasteiger partial charge >= 0.3 is 0 Å². The average molecular weight is 520 g/mol. The summed E-state index contributed by atoms with van der Waals surface area (Å²) in [5.74, 6) is 7.46. The molecule has 1 aromatic rings. The minimum Gasteiger partial charge on any atom is -0.0891 e. The molecular weight excluding hydrogens is 484 g/mol. The maximum absolute atomic E-state index is 3.96. The van der Waals surface area contributed by atoms with Crippen LogP contribution in [0.1, 0.15) is 82.8 Å². The molecule has 4 aliphatic rings. The Labute approximate surface area is 194 Å². The van der Waals surface area contributed by atoms with Gasteiger partial charge in [0.15, 0.2) is 0 Å². The molecule has 0 N–H and O–H groups in total. The van der Waals surface area contributed by atoms with Crippen LogP contribution >= 0.6 is 31.9 Å². The van der Waals surface area contributed by atoms with Crippen LogP contribution in [0.15, 0.2) is 28.2 Å². The van der Waals surface area contributed by atoms with Gasteiger partial charge in [-0.05, 0) is 110 Å². The summed E-state index contributed by atoms with van der Waals surface area (Å²) in [5, 5.41) is 0. The molecule has 0 aliphatic heterocycles. The Morgan fingerprint density at radius 3 is 2.62 bits per heavy atom. The van der Waals surface area contributed by atoms with Gasteiger partial charge in [-0.25, -0.2) is 0 Å². The fraction of sp³-hybridized carbons (Fsp3) is 0.704. The predicted octanol–water partition coefficient (Wildman–Crippen LogP) is 8.84. The molecule has 0 saturated heterocycles. The highest BCUT2D eigenvalue weighted by molar-refractivity contribution is 9.10. The highest BCUT2D eigenvalue weighted by Crippen LogP contribution is 2.59. The largest absolute Gasteiger partial charge is 0.0891 e. The Morgan fingerprint density at radius 1 is 0.966 bits per heavy atom. The molecule has 158 valence electrons. The van der Waals surface area contributed by atoms with E-state index in [0.29, 0.717) is 5.92 Å². The van der Waals surface area contributed by atoms with E-state index in [0.717, 1.165) is 46.3 Å². The van der Waals surface area contributed by atoms with Gasteiger partial charge in [0.2, 0.25) is 0 Å². The molecule has 0 aromatic heterocycles. The van der Waals surface area contributed by atoms with Crippen molar-refractivity contribution >= 4 is 37.9 Å².